The third-order valence-electron chi connectivity index (χ3n) is 4.41. The van der Waals surface area contributed by atoms with E-state index in [1.807, 2.05) is 0 Å². The van der Waals surface area contributed by atoms with Gasteiger partial charge in [-0.25, -0.2) is 4.39 Å². The van der Waals surface area contributed by atoms with Crippen LogP contribution in [0.4, 0.5) is 10.1 Å². The molecule has 7 heteroatoms. The van der Waals surface area contributed by atoms with Gasteiger partial charge in [0.25, 0.3) is 11.8 Å². The summed E-state index contributed by atoms with van der Waals surface area (Å²) in [6.07, 6.45) is 1.59. The van der Waals surface area contributed by atoms with Crippen molar-refractivity contribution in [3.05, 3.63) is 52.1 Å². The molecule has 0 saturated heterocycles. The number of hydrogen-bond acceptors (Lipinski definition) is 3. The number of halogens is 1. The second kappa shape index (κ2) is 7.75. The summed E-state index contributed by atoms with van der Waals surface area (Å²) in [6.45, 7) is -0.145. The number of nitrogens with one attached hydrogen (secondary N) is 4. The largest absolute Gasteiger partial charge is 0.358 e. The topological polar surface area (TPSA) is 86.0 Å². The van der Waals surface area contributed by atoms with Crippen molar-refractivity contribution < 1.29 is 19.5 Å². The van der Waals surface area contributed by atoms with Gasteiger partial charge >= 0.3 is 0 Å². The number of aromatic amines is 1. The van der Waals surface area contributed by atoms with E-state index in [0.717, 1.165) is 0 Å². The SMILES string of the molecule is [2H]C(NCCNC(=O)c1c(C)[nH]c(/C=C2\C(=O)Nc3ccc(F)cc32)c1C)C([2H])([2H])[2H]. The zero-order valence-electron chi connectivity index (χ0n) is 19.0. The van der Waals surface area contributed by atoms with Gasteiger partial charge in [0.2, 0.25) is 0 Å². The lowest BCUT2D eigenvalue weighted by atomic mass is 10.0. The Morgan fingerprint density at radius 2 is 2.19 bits per heavy atom. The van der Waals surface area contributed by atoms with Crippen molar-refractivity contribution in [3.63, 3.8) is 0 Å². The van der Waals surface area contributed by atoms with Crippen LogP contribution in [0.15, 0.2) is 18.2 Å². The van der Waals surface area contributed by atoms with Crippen molar-refractivity contribution in [1.82, 2.24) is 15.6 Å². The highest BCUT2D eigenvalue weighted by Gasteiger charge is 2.26. The Kier molecular flexibility index (Phi) is 4.07. The molecule has 1 aromatic carbocycles. The molecule has 6 nitrogen and oxygen atoms in total. The van der Waals surface area contributed by atoms with Crippen LogP contribution in [0.5, 0.6) is 0 Å². The number of aromatic nitrogens is 1. The minimum atomic E-state index is -2.44. The first-order valence-electron chi connectivity index (χ1n) is 10.5. The van der Waals surface area contributed by atoms with Gasteiger partial charge in [0.15, 0.2) is 0 Å². The van der Waals surface area contributed by atoms with Gasteiger partial charge in [0, 0.05) is 41.2 Å². The zero-order chi connectivity index (χ0) is 22.9. The van der Waals surface area contributed by atoms with Crippen LogP contribution in [0.1, 0.15) is 45.2 Å². The molecule has 0 radical (unpaired) electrons. The molecule has 2 aromatic rings. The highest BCUT2D eigenvalue weighted by Crippen LogP contribution is 2.34. The standard InChI is InChI=1S/C20H23FN4O2/c1-4-22-7-8-23-20(27)18-11(2)17(24-12(18)3)10-15-14-9-13(21)5-6-16(14)25-19(15)26/h5-6,9-10,22,24H,4,7-8H2,1-3H3,(H,23,27)(H,25,26)/b15-10-/i1D3,4D. The molecule has 1 atom stereocenters. The zero-order valence-corrected chi connectivity index (χ0v) is 15.0. The number of benzene rings is 1. The Hall–Kier alpha value is -2.93. The molecule has 0 bridgehead atoms. The van der Waals surface area contributed by atoms with Gasteiger partial charge in [-0.15, -0.1) is 0 Å². The van der Waals surface area contributed by atoms with Crippen molar-refractivity contribution in [1.29, 1.82) is 0 Å². The molecule has 0 aliphatic carbocycles. The Bertz CT molecular complexity index is 1060. The van der Waals surface area contributed by atoms with Crippen LogP contribution in [0.2, 0.25) is 0 Å². The van der Waals surface area contributed by atoms with Crippen LogP contribution >= 0.6 is 0 Å². The van der Waals surface area contributed by atoms with Crippen LogP contribution in [-0.2, 0) is 4.79 Å². The van der Waals surface area contributed by atoms with Gasteiger partial charge in [-0.05, 0) is 50.2 Å². The maximum Gasteiger partial charge on any atom is 0.256 e. The number of likely N-dealkylation sites (N-methyl/N-ethyl adjacent to an activating group) is 1. The van der Waals surface area contributed by atoms with Crippen molar-refractivity contribution in [2.24, 2.45) is 0 Å². The number of H-pyrrole nitrogens is 1. The van der Waals surface area contributed by atoms with Crippen molar-refractivity contribution in [2.45, 2.75) is 20.7 Å². The quantitative estimate of drug-likeness (QED) is 0.463. The first-order chi connectivity index (χ1) is 14.5. The van der Waals surface area contributed by atoms with Crippen molar-refractivity contribution in [3.8, 4) is 0 Å². The van der Waals surface area contributed by atoms with E-state index in [9.17, 15) is 14.0 Å². The minimum Gasteiger partial charge on any atom is -0.358 e. The summed E-state index contributed by atoms with van der Waals surface area (Å²) in [7, 11) is 0. The van der Waals surface area contributed by atoms with Crippen LogP contribution in [0, 0.1) is 19.7 Å². The third kappa shape index (κ3) is 3.78. The fourth-order valence-electron chi connectivity index (χ4n) is 3.12. The van der Waals surface area contributed by atoms with E-state index in [1.54, 1.807) is 19.9 Å². The third-order valence-corrected chi connectivity index (χ3v) is 4.41. The highest BCUT2D eigenvalue weighted by atomic mass is 19.1. The van der Waals surface area contributed by atoms with E-state index in [0.29, 0.717) is 39.3 Å². The molecule has 0 spiro atoms. The molecule has 0 saturated carbocycles. The van der Waals surface area contributed by atoms with E-state index in [2.05, 4.69) is 20.9 Å². The second-order valence-electron chi connectivity index (χ2n) is 6.22. The maximum atomic E-state index is 13.6. The van der Waals surface area contributed by atoms with E-state index >= 15 is 0 Å². The lowest BCUT2D eigenvalue weighted by Gasteiger charge is -2.06. The predicted molar refractivity (Wildman–Crippen MR) is 104 cm³/mol. The predicted octanol–water partition coefficient (Wildman–Crippen LogP) is 2.60. The van der Waals surface area contributed by atoms with Gasteiger partial charge in [-0.1, -0.05) is 6.85 Å². The number of amides is 2. The van der Waals surface area contributed by atoms with Crippen LogP contribution < -0.4 is 16.0 Å². The Labute approximate surface area is 162 Å². The molecule has 4 N–H and O–H groups in total. The van der Waals surface area contributed by atoms with Gasteiger partial charge < -0.3 is 20.9 Å². The molecular formula is C20H23FN4O2. The fourth-order valence-corrected chi connectivity index (χ4v) is 3.12. The maximum absolute atomic E-state index is 13.6. The lowest BCUT2D eigenvalue weighted by molar-refractivity contribution is -0.110. The number of aryl methyl sites for hydroxylation is 1. The molecule has 0 fully saturated rings. The van der Waals surface area contributed by atoms with Gasteiger partial charge in [0.05, 0.1) is 11.1 Å². The number of fused-ring (bicyclic) bond motifs is 1. The summed E-state index contributed by atoms with van der Waals surface area (Å²) in [5.74, 6) is -1.18. The molecule has 1 unspecified atom stereocenters. The first-order valence-corrected chi connectivity index (χ1v) is 8.45. The molecular weight excluding hydrogens is 347 g/mol. The van der Waals surface area contributed by atoms with Crippen molar-refractivity contribution >= 4 is 29.2 Å². The lowest BCUT2D eigenvalue weighted by Crippen LogP contribution is -2.32. The van der Waals surface area contributed by atoms with Gasteiger partial charge in [0.1, 0.15) is 5.82 Å². The van der Waals surface area contributed by atoms with Crippen molar-refractivity contribution in [2.75, 3.05) is 24.9 Å². The number of anilines is 1. The molecule has 142 valence electrons. The molecule has 1 aliphatic heterocycles. The summed E-state index contributed by atoms with van der Waals surface area (Å²) in [4.78, 5) is 28.0. The number of hydrogen-bond donors (Lipinski definition) is 4. The molecule has 2 amide bonds. The van der Waals surface area contributed by atoms with Crippen LogP contribution in [0.3, 0.4) is 0 Å². The number of carbonyl (C=O) groups is 2. The molecule has 27 heavy (non-hydrogen) atoms. The summed E-state index contributed by atoms with van der Waals surface area (Å²) in [5, 5.41) is 7.90. The smallest absolute Gasteiger partial charge is 0.256 e. The van der Waals surface area contributed by atoms with E-state index < -0.39 is 19.2 Å². The second-order valence-corrected chi connectivity index (χ2v) is 6.22. The molecule has 1 aromatic heterocycles. The summed E-state index contributed by atoms with van der Waals surface area (Å²) in [6, 6.07) is 4.05. The van der Waals surface area contributed by atoms with Gasteiger partial charge in [-0.2, -0.15) is 0 Å². The summed E-state index contributed by atoms with van der Waals surface area (Å²) in [5.41, 5.74) is 3.44. The number of rotatable bonds is 6. The Morgan fingerprint density at radius 1 is 1.37 bits per heavy atom. The van der Waals surface area contributed by atoms with Gasteiger partial charge in [-0.3, -0.25) is 9.59 Å². The highest BCUT2D eigenvalue weighted by molar-refractivity contribution is 6.34. The molecule has 2 heterocycles. The van der Waals surface area contributed by atoms with Crippen LogP contribution in [-0.4, -0.2) is 36.4 Å². The minimum absolute atomic E-state index is 0.125. The number of carbonyl (C=O) groups excluding carboxylic acids is 2. The average molecular weight is 374 g/mol. The monoisotopic (exact) mass is 374 g/mol. The first kappa shape index (κ1) is 14.2. The normalized spacial score (nSPS) is 18.2. The van der Waals surface area contributed by atoms with E-state index in [-0.39, 0.29) is 24.9 Å². The summed E-state index contributed by atoms with van der Waals surface area (Å²) >= 11 is 0. The fraction of sp³-hybridized carbons (Fsp3) is 0.300. The Morgan fingerprint density at radius 3 is 2.96 bits per heavy atom. The summed E-state index contributed by atoms with van der Waals surface area (Å²) < 4.78 is 42.6. The average Bonchev–Trinajstić information content (AvgIpc) is 3.13. The van der Waals surface area contributed by atoms with E-state index in [4.69, 9.17) is 5.48 Å². The van der Waals surface area contributed by atoms with Crippen LogP contribution in [0.25, 0.3) is 11.6 Å². The molecule has 1 aliphatic rings. The molecule has 3 rings (SSSR count). The van der Waals surface area contributed by atoms with E-state index in [1.165, 1.54) is 18.2 Å². The Balaban J connectivity index is 1.74.